The van der Waals surface area contributed by atoms with Gasteiger partial charge in [0.15, 0.2) is 6.39 Å². The number of halogens is 1. The van der Waals surface area contributed by atoms with E-state index < -0.39 is 0 Å². The summed E-state index contributed by atoms with van der Waals surface area (Å²) in [5, 5.41) is 7.57. The summed E-state index contributed by atoms with van der Waals surface area (Å²) in [6, 6.07) is 6.06. The molecule has 1 aliphatic carbocycles. The second-order valence-electron chi connectivity index (χ2n) is 7.77. The van der Waals surface area contributed by atoms with E-state index in [1.807, 2.05) is 4.68 Å². The van der Waals surface area contributed by atoms with E-state index in [1.54, 1.807) is 25.3 Å². The molecule has 0 saturated carbocycles. The highest BCUT2D eigenvalue weighted by Gasteiger charge is 2.36. The summed E-state index contributed by atoms with van der Waals surface area (Å²) >= 11 is 0. The first-order valence-electron chi connectivity index (χ1n) is 8.88. The monoisotopic (exact) mass is 368 g/mol. The number of amides is 1. The summed E-state index contributed by atoms with van der Waals surface area (Å²) in [5.74, 6) is -0.341. The van der Waals surface area contributed by atoms with Gasteiger partial charge in [0.25, 0.3) is 5.91 Å². The number of carbonyl (C=O) groups is 1. The van der Waals surface area contributed by atoms with Crippen molar-refractivity contribution < 1.29 is 13.6 Å². The van der Waals surface area contributed by atoms with E-state index in [0.717, 1.165) is 29.8 Å². The van der Waals surface area contributed by atoms with Gasteiger partial charge >= 0.3 is 0 Å². The highest BCUT2D eigenvalue weighted by molar-refractivity contribution is 5.92. The van der Waals surface area contributed by atoms with Crippen molar-refractivity contribution in [2.45, 2.75) is 39.7 Å². The fourth-order valence-corrected chi connectivity index (χ4v) is 3.72. The SMILES string of the molecule is Cc1ncoc1C(=O)N[C@@H]1CC(C)(C)Cc2c1cnn2-c1ccc(F)cc1. The van der Waals surface area contributed by atoms with E-state index in [2.05, 4.69) is 29.2 Å². The standard InChI is InChI=1S/C20H21FN4O2/c1-12-18(27-11-22-12)19(26)24-16-8-20(2,3)9-17-15(16)10-23-25(17)14-6-4-13(21)5-7-14/h4-7,10-11,16H,8-9H2,1-3H3,(H,24,26)/t16-/m1/s1. The van der Waals surface area contributed by atoms with Crippen molar-refractivity contribution in [3.8, 4) is 5.69 Å². The number of aryl methyl sites for hydroxylation is 1. The lowest BCUT2D eigenvalue weighted by Crippen LogP contribution is -2.36. The van der Waals surface area contributed by atoms with Gasteiger partial charge in [-0.05, 0) is 49.4 Å². The van der Waals surface area contributed by atoms with Crippen molar-refractivity contribution in [1.82, 2.24) is 20.1 Å². The average Bonchev–Trinajstić information content (AvgIpc) is 3.21. The number of aromatic nitrogens is 3. The van der Waals surface area contributed by atoms with Crippen LogP contribution in [0.4, 0.5) is 4.39 Å². The second-order valence-corrected chi connectivity index (χ2v) is 7.77. The van der Waals surface area contributed by atoms with Crippen LogP contribution in [-0.4, -0.2) is 20.7 Å². The molecule has 4 rings (SSSR count). The Kier molecular flexibility index (Phi) is 4.09. The van der Waals surface area contributed by atoms with Gasteiger partial charge in [0, 0.05) is 5.56 Å². The molecule has 0 radical (unpaired) electrons. The van der Waals surface area contributed by atoms with Crippen molar-refractivity contribution in [3.63, 3.8) is 0 Å². The van der Waals surface area contributed by atoms with E-state index >= 15 is 0 Å². The predicted octanol–water partition coefficient (Wildman–Crippen LogP) is 3.75. The van der Waals surface area contributed by atoms with Crippen molar-refractivity contribution in [3.05, 3.63) is 65.4 Å². The van der Waals surface area contributed by atoms with E-state index in [1.165, 1.54) is 18.5 Å². The lowest BCUT2D eigenvalue weighted by Gasteiger charge is -2.35. The minimum absolute atomic E-state index is 0.0286. The van der Waals surface area contributed by atoms with Crippen LogP contribution < -0.4 is 5.32 Å². The topological polar surface area (TPSA) is 73.0 Å². The molecule has 0 unspecified atom stereocenters. The maximum absolute atomic E-state index is 13.3. The van der Waals surface area contributed by atoms with Gasteiger partial charge in [0.05, 0.1) is 29.3 Å². The van der Waals surface area contributed by atoms with Gasteiger partial charge in [-0.3, -0.25) is 4.79 Å². The summed E-state index contributed by atoms with van der Waals surface area (Å²) in [5.41, 5.74) is 3.33. The minimum Gasteiger partial charge on any atom is -0.438 e. The zero-order chi connectivity index (χ0) is 19.2. The largest absolute Gasteiger partial charge is 0.438 e. The van der Waals surface area contributed by atoms with E-state index in [4.69, 9.17) is 4.42 Å². The predicted molar refractivity (Wildman–Crippen MR) is 97.1 cm³/mol. The smallest absolute Gasteiger partial charge is 0.289 e. The second kappa shape index (κ2) is 6.33. The number of benzene rings is 1. The van der Waals surface area contributed by atoms with Gasteiger partial charge in [0.2, 0.25) is 5.76 Å². The van der Waals surface area contributed by atoms with Crippen molar-refractivity contribution >= 4 is 5.91 Å². The molecule has 1 aromatic carbocycles. The number of rotatable bonds is 3. The molecule has 140 valence electrons. The Morgan fingerprint density at radius 3 is 2.74 bits per heavy atom. The zero-order valence-electron chi connectivity index (χ0n) is 15.5. The normalized spacial score (nSPS) is 18.1. The van der Waals surface area contributed by atoms with Crippen molar-refractivity contribution in [1.29, 1.82) is 0 Å². The third-order valence-electron chi connectivity index (χ3n) is 5.01. The Morgan fingerprint density at radius 2 is 2.07 bits per heavy atom. The number of carbonyl (C=O) groups excluding carboxylic acids is 1. The first kappa shape index (κ1) is 17.5. The van der Waals surface area contributed by atoms with Crippen LogP contribution in [0, 0.1) is 18.2 Å². The fraction of sp³-hybridized carbons (Fsp3) is 0.350. The van der Waals surface area contributed by atoms with Gasteiger partial charge in [-0.15, -0.1) is 0 Å². The van der Waals surface area contributed by atoms with Crippen LogP contribution in [-0.2, 0) is 6.42 Å². The Balaban J connectivity index is 1.69. The van der Waals surface area contributed by atoms with E-state index in [9.17, 15) is 9.18 Å². The first-order chi connectivity index (χ1) is 12.8. The number of nitrogens with zero attached hydrogens (tertiary/aromatic N) is 3. The zero-order valence-corrected chi connectivity index (χ0v) is 15.5. The number of fused-ring (bicyclic) bond motifs is 1. The molecule has 1 amide bonds. The summed E-state index contributed by atoms with van der Waals surface area (Å²) in [6.45, 7) is 6.06. The Labute approximate surface area is 156 Å². The molecule has 6 nitrogen and oxygen atoms in total. The molecule has 0 bridgehead atoms. The molecule has 1 aliphatic rings. The minimum atomic E-state index is -0.285. The molecule has 2 aromatic heterocycles. The molecule has 7 heteroatoms. The fourth-order valence-electron chi connectivity index (χ4n) is 3.72. The Bertz CT molecular complexity index is 988. The van der Waals surface area contributed by atoms with Gasteiger partial charge in [-0.25, -0.2) is 14.1 Å². The van der Waals surface area contributed by atoms with Gasteiger partial charge in [0.1, 0.15) is 5.82 Å². The molecular weight excluding hydrogens is 347 g/mol. The highest BCUT2D eigenvalue weighted by atomic mass is 19.1. The van der Waals surface area contributed by atoms with Crippen molar-refractivity contribution in [2.75, 3.05) is 0 Å². The van der Waals surface area contributed by atoms with Crippen LogP contribution in [0.3, 0.4) is 0 Å². The van der Waals surface area contributed by atoms with Crippen molar-refractivity contribution in [2.24, 2.45) is 5.41 Å². The van der Waals surface area contributed by atoms with Crippen LogP contribution in [0.5, 0.6) is 0 Å². The molecule has 3 aromatic rings. The summed E-state index contributed by atoms with van der Waals surface area (Å²) < 4.78 is 20.3. The summed E-state index contributed by atoms with van der Waals surface area (Å²) in [7, 11) is 0. The van der Waals surface area contributed by atoms with Gasteiger partial charge in [-0.2, -0.15) is 5.10 Å². The summed E-state index contributed by atoms with van der Waals surface area (Å²) in [6.07, 6.45) is 4.65. The molecular formula is C20H21FN4O2. The summed E-state index contributed by atoms with van der Waals surface area (Å²) in [4.78, 5) is 16.6. The Morgan fingerprint density at radius 1 is 1.33 bits per heavy atom. The average molecular weight is 368 g/mol. The Hall–Kier alpha value is -2.96. The third-order valence-corrected chi connectivity index (χ3v) is 5.01. The van der Waals surface area contributed by atoms with E-state index in [-0.39, 0.29) is 28.9 Å². The number of hydrogen-bond acceptors (Lipinski definition) is 4. The molecule has 0 aliphatic heterocycles. The highest BCUT2D eigenvalue weighted by Crippen LogP contribution is 2.41. The molecule has 0 spiro atoms. The molecule has 0 saturated heterocycles. The van der Waals surface area contributed by atoms with Gasteiger partial charge in [-0.1, -0.05) is 13.8 Å². The van der Waals surface area contributed by atoms with Crippen LogP contribution in [0.2, 0.25) is 0 Å². The number of nitrogens with one attached hydrogen (secondary N) is 1. The van der Waals surface area contributed by atoms with Gasteiger partial charge < -0.3 is 9.73 Å². The molecule has 2 heterocycles. The lowest BCUT2D eigenvalue weighted by atomic mass is 9.74. The van der Waals surface area contributed by atoms with Crippen LogP contribution in [0.25, 0.3) is 5.69 Å². The number of oxazole rings is 1. The molecule has 0 fully saturated rings. The van der Waals surface area contributed by atoms with E-state index in [0.29, 0.717) is 5.69 Å². The quantitative estimate of drug-likeness (QED) is 0.764. The van der Waals surface area contributed by atoms with Crippen LogP contribution in [0.1, 0.15) is 53.8 Å². The third kappa shape index (κ3) is 3.25. The molecule has 1 N–H and O–H groups in total. The van der Waals surface area contributed by atoms with Crippen LogP contribution in [0.15, 0.2) is 41.3 Å². The maximum atomic E-state index is 13.3. The molecule has 27 heavy (non-hydrogen) atoms. The number of hydrogen-bond donors (Lipinski definition) is 1. The maximum Gasteiger partial charge on any atom is 0.289 e. The van der Waals surface area contributed by atoms with Crippen LogP contribution >= 0.6 is 0 Å². The lowest BCUT2D eigenvalue weighted by molar-refractivity contribution is 0.0890. The first-order valence-corrected chi connectivity index (χ1v) is 8.88. The molecule has 1 atom stereocenters.